The number of rotatable bonds is 3. The van der Waals surface area contributed by atoms with Gasteiger partial charge in [0.05, 0.1) is 0 Å². The van der Waals surface area contributed by atoms with E-state index in [4.69, 9.17) is 21.5 Å². The summed E-state index contributed by atoms with van der Waals surface area (Å²) < 4.78 is 0. The molecule has 0 aromatic heterocycles. The Morgan fingerprint density at radius 2 is 2.00 bits per heavy atom. The largest absolute Gasteiger partial charge is 0.483 e. The lowest BCUT2D eigenvalue weighted by atomic mass is 9.94. The molecule has 0 amide bonds. The summed E-state index contributed by atoms with van der Waals surface area (Å²) in [5.74, 6) is 1.80. The SMILES string of the molecule is ClCCCC1CCNCC1.O=CO. The van der Waals surface area contributed by atoms with Crippen LogP contribution in [0.3, 0.4) is 0 Å². The molecule has 13 heavy (non-hydrogen) atoms. The lowest BCUT2D eigenvalue weighted by Crippen LogP contribution is -2.27. The molecule has 1 fully saturated rings. The highest BCUT2D eigenvalue weighted by molar-refractivity contribution is 6.17. The van der Waals surface area contributed by atoms with Crippen molar-refractivity contribution in [2.24, 2.45) is 5.92 Å². The molecule has 1 rings (SSSR count). The highest BCUT2D eigenvalue weighted by Gasteiger charge is 2.11. The summed E-state index contributed by atoms with van der Waals surface area (Å²) >= 11 is 5.61. The maximum atomic E-state index is 8.36. The van der Waals surface area contributed by atoms with Crippen LogP contribution in [-0.2, 0) is 4.79 Å². The Kier molecular flexibility index (Phi) is 9.59. The molecule has 1 saturated heterocycles. The zero-order valence-electron chi connectivity index (χ0n) is 7.84. The Hall–Kier alpha value is -0.280. The van der Waals surface area contributed by atoms with Crippen LogP contribution in [0.15, 0.2) is 0 Å². The van der Waals surface area contributed by atoms with E-state index >= 15 is 0 Å². The first-order valence-electron chi connectivity index (χ1n) is 4.69. The summed E-state index contributed by atoms with van der Waals surface area (Å²) in [5.41, 5.74) is 0. The van der Waals surface area contributed by atoms with Crippen molar-refractivity contribution in [3.63, 3.8) is 0 Å². The molecule has 2 N–H and O–H groups in total. The number of nitrogens with one attached hydrogen (secondary N) is 1. The number of hydrogen-bond donors (Lipinski definition) is 2. The third kappa shape index (κ3) is 8.06. The van der Waals surface area contributed by atoms with Crippen LogP contribution in [0.25, 0.3) is 0 Å². The van der Waals surface area contributed by atoms with Gasteiger partial charge in [-0.15, -0.1) is 11.6 Å². The van der Waals surface area contributed by atoms with Crippen LogP contribution >= 0.6 is 11.6 Å². The minimum absolute atomic E-state index is 0.250. The fraction of sp³-hybridized carbons (Fsp3) is 0.889. The van der Waals surface area contributed by atoms with E-state index in [1.807, 2.05) is 0 Å². The first-order chi connectivity index (χ1) is 6.35. The Bertz CT molecular complexity index is 116. The molecule has 1 heterocycles. The standard InChI is InChI=1S/C8H16ClN.CH2O2/c9-5-1-2-8-3-6-10-7-4-8;2-1-3/h8,10H,1-7H2;1H,(H,2,3). The first-order valence-corrected chi connectivity index (χ1v) is 5.23. The number of halogens is 1. The Labute approximate surface area is 84.5 Å². The molecule has 0 aromatic carbocycles. The van der Waals surface area contributed by atoms with Crippen molar-refractivity contribution in [3.05, 3.63) is 0 Å². The summed E-state index contributed by atoms with van der Waals surface area (Å²) in [6.07, 6.45) is 5.26. The van der Waals surface area contributed by atoms with Crippen LogP contribution in [0.5, 0.6) is 0 Å². The van der Waals surface area contributed by atoms with Gasteiger partial charge >= 0.3 is 0 Å². The Morgan fingerprint density at radius 1 is 1.46 bits per heavy atom. The molecule has 3 nitrogen and oxygen atoms in total. The van der Waals surface area contributed by atoms with Gasteiger partial charge in [-0.3, -0.25) is 4.79 Å². The topological polar surface area (TPSA) is 49.3 Å². The number of carboxylic acid groups (broad SMARTS) is 1. The zero-order valence-corrected chi connectivity index (χ0v) is 8.59. The fourth-order valence-corrected chi connectivity index (χ4v) is 1.69. The molecule has 1 aliphatic rings. The molecular weight excluding hydrogens is 190 g/mol. The van der Waals surface area contributed by atoms with E-state index in [1.54, 1.807) is 0 Å². The molecule has 0 atom stereocenters. The average Bonchev–Trinajstić information content (AvgIpc) is 2.18. The highest BCUT2D eigenvalue weighted by atomic mass is 35.5. The van der Waals surface area contributed by atoms with Gasteiger partial charge in [-0.1, -0.05) is 0 Å². The lowest BCUT2D eigenvalue weighted by Gasteiger charge is -2.21. The Morgan fingerprint density at radius 3 is 2.46 bits per heavy atom. The summed E-state index contributed by atoms with van der Waals surface area (Å²) in [7, 11) is 0. The van der Waals surface area contributed by atoms with Gasteiger partial charge in [-0.05, 0) is 44.7 Å². The van der Waals surface area contributed by atoms with Gasteiger partial charge in [0.25, 0.3) is 6.47 Å². The van der Waals surface area contributed by atoms with Crippen LogP contribution in [0, 0.1) is 5.92 Å². The second-order valence-electron chi connectivity index (χ2n) is 3.13. The summed E-state index contributed by atoms with van der Waals surface area (Å²) in [4.78, 5) is 8.36. The van der Waals surface area contributed by atoms with Crippen molar-refractivity contribution in [3.8, 4) is 0 Å². The summed E-state index contributed by atoms with van der Waals surface area (Å²) in [5, 5.41) is 10.2. The van der Waals surface area contributed by atoms with Crippen LogP contribution in [0.1, 0.15) is 25.7 Å². The number of carbonyl (C=O) groups is 1. The number of alkyl halides is 1. The number of hydrogen-bond acceptors (Lipinski definition) is 2. The molecular formula is C9H18ClNO2. The molecule has 0 bridgehead atoms. The maximum Gasteiger partial charge on any atom is 0.290 e. The molecule has 4 heteroatoms. The smallest absolute Gasteiger partial charge is 0.290 e. The average molecular weight is 208 g/mol. The van der Waals surface area contributed by atoms with Crippen molar-refractivity contribution in [1.29, 1.82) is 0 Å². The zero-order chi connectivity index (χ0) is 9.94. The molecule has 0 saturated carbocycles. The first kappa shape index (κ1) is 12.7. The molecule has 0 aliphatic carbocycles. The van der Waals surface area contributed by atoms with Crippen molar-refractivity contribution in [2.75, 3.05) is 19.0 Å². The molecule has 0 radical (unpaired) electrons. The van der Waals surface area contributed by atoms with E-state index in [1.165, 1.54) is 38.8 Å². The van der Waals surface area contributed by atoms with Crippen LogP contribution in [-0.4, -0.2) is 30.5 Å². The lowest BCUT2D eigenvalue weighted by molar-refractivity contribution is -0.122. The van der Waals surface area contributed by atoms with E-state index in [2.05, 4.69) is 5.32 Å². The predicted octanol–water partition coefficient (Wildman–Crippen LogP) is 1.71. The van der Waals surface area contributed by atoms with Gasteiger partial charge < -0.3 is 10.4 Å². The summed E-state index contributed by atoms with van der Waals surface area (Å²) in [6.45, 7) is 2.18. The third-order valence-electron chi connectivity index (χ3n) is 2.20. The molecule has 1 aliphatic heterocycles. The van der Waals surface area contributed by atoms with E-state index < -0.39 is 0 Å². The van der Waals surface area contributed by atoms with Crippen molar-refractivity contribution in [2.45, 2.75) is 25.7 Å². The third-order valence-corrected chi connectivity index (χ3v) is 2.47. The second kappa shape index (κ2) is 9.81. The minimum atomic E-state index is -0.250. The van der Waals surface area contributed by atoms with Crippen molar-refractivity contribution >= 4 is 18.1 Å². The number of piperidine rings is 1. The monoisotopic (exact) mass is 207 g/mol. The van der Waals surface area contributed by atoms with Gasteiger partial charge in [-0.2, -0.15) is 0 Å². The summed E-state index contributed by atoms with van der Waals surface area (Å²) in [6, 6.07) is 0. The molecule has 0 spiro atoms. The van der Waals surface area contributed by atoms with Gasteiger partial charge in [0.2, 0.25) is 0 Å². The quantitative estimate of drug-likeness (QED) is 0.547. The van der Waals surface area contributed by atoms with Crippen molar-refractivity contribution < 1.29 is 9.90 Å². The molecule has 0 unspecified atom stereocenters. The van der Waals surface area contributed by atoms with Gasteiger partial charge in [0.15, 0.2) is 0 Å². The minimum Gasteiger partial charge on any atom is -0.483 e. The van der Waals surface area contributed by atoms with E-state index in [0.29, 0.717) is 0 Å². The van der Waals surface area contributed by atoms with E-state index in [0.717, 1.165) is 11.8 Å². The van der Waals surface area contributed by atoms with Gasteiger partial charge in [0, 0.05) is 5.88 Å². The maximum absolute atomic E-state index is 8.36. The normalized spacial score (nSPS) is 17.3. The highest BCUT2D eigenvalue weighted by Crippen LogP contribution is 2.17. The van der Waals surface area contributed by atoms with Crippen LogP contribution < -0.4 is 5.32 Å². The molecule has 78 valence electrons. The second-order valence-corrected chi connectivity index (χ2v) is 3.51. The van der Waals surface area contributed by atoms with Crippen LogP contribution in [0.4, 0.5) is 0 Å². The Balaban J connectivity index is 0.000000424. The van der Waals surface area contributed by atoms with Crippen LogP contribution in [0.2, 0.25) is 0 Å². The molecule has 0 aromatic rings. The van der Waals surface area contributed by atoms with Crippen molar-refractivity contribution in [1.82, 2.24) is 5.32 Å². The van der Waals surface area contributed by atoms with Gasteiger partial charge in [0.1, 0.15) is 0 Å². The van der Waals surface area contributed by atoms with E-state index in [9.17, 15) is 0 Å². The van der Waals surface area contributed by atoms with Gasteiger partial charge in [-0.25, -0.2) is 0 Å². The van der Waals surface area contributed by atoms with E-state index in [-0.39, 0.29) is 6.47 Å². The fourth-order valence-electron chi connectivity index (χ4n) is 1.54. The predicted molar refractivity (Wildman–Crippen MR) is 54.2 cm³/mol.